The third-order valence-corrected chi connectivity index (χ3v) is 19.0. The van der Waals surface area contributed by atoms with Gasteiger partial charge in [-0.2, -0.15) is 10.2 Å². The minimum absolute atomic E-state index is 0.00763. The molecule has 2 aliphatic rings. The third-order valence-electron chi connectivity index (χ3n) is 19.0. The highest BCUT2D eigenvalue weighted by Gasteiger charge is 2.30. The number of amides is 2. The molecule has 0 radical (unpaired) electrons. The van der Waals surface area contributed by atoms with Crippen LogP contribution in [0.5, 0.6) is 11.5 Å². The van der Waals surface area contributed by atoms with Crippen molar-refractivity contribution in [1.29, 1.82) is 0 Å². The normalized spacial score (nSPS) is 14.3. The van der Waals surface area contributed by atoms with Gasteiger partial charge in [0.15, 0.2) is 6.73 Å². The summed E-state index contributed by atoms with van der Waals surface area (Å²) in [5.74, 6) is 0.890. The lowest BCUT2D eigenvalue weighted by Gasteiger charge is -2.34. The Morgan fingerprint density at radius 2 is 1.20 bits per heavy atom. The molecule has 0 unspecified atom stereocenters. The molecule has 89 heavy (non-hydrogen) atoms. The number of pyridine rings is 2. The summed E-state index contributed by atoms with van der Waals surface area (Å²) in [6.45, 7) is 22.2. The number of rotatable bonds is 16. The van der Waals surface area contributed by atoms with Crippen LogP contribution in [-0.2, 0) is 30.4 Å². The van der Waals surface area contributed by atoms with Gasteiger partial charge in [0, 0.05) is 134 Å². The van der Waals surface area contributed by atoms with Crippen molar-refractivity contribution in [2.75, 3.05) is 89.3 Å². The van der Waals surface area contributed by atoms with Crippen LogP contribution in [0.3, 0.4) is 0 Å². The van der Waals surface area contributed by atoms with E-state index in [9.17, 15) is 9.59 Å². The number of H-pyrrole nitrogens is 1. The number of anilines is 3. The Morgan fingerprint density at radius 3 is 1.79 bits per heavy atom. The molecule has 2 saturated heterocycles. The number of nitrogens with one attached hydrogen (secondary N) is 1. The lowest BCUT2D eigenvalue weighted by Crippen LogP contribution is -2.44. The average molecular weight is 1190 g/mol. The largest absolute Gasteiger partial charge is 0.495 e. The number of nitrogens with zero attached hydrogens (tertiary/aromatic N) is 12. The van der Waals surface area contributed by atoms with Crippen LogP contribution in [0.4, 0.5) is 17.1 Å². The molecule has 10 aromatic rings. The van der Waals surface area contributed by atoms with Crippen LogP contribution < -0.4 is 24.2 Å². The van der Waals surface area contributed by atoms with Gasteiger partial charge in [-0.25, -0.2) is 9.97 Å². The maximum Gasteiger partial charge on any atom is 0.250 e. The number of fused-ring (bicyclic) bond motifs is 2. The number of likely N-dealkylation sites (tertiary alicyclic amines) is 1. The van der Waals surface area contributed by atoms with Crippen LogP contribution in [0.1, 0.15) is 60.7 Å². The number of carbonyl (C=O) groups is 2. The molecular formula is C72H81N13O4. The number of piperazine rings is 1. The van der Waals surface area contributed by atoms with Crippen LogP contribution in [0.15, 0.2) is 122 Å². The Balaban J connectivity index is 1.05. The Hall–Kier alpha value is -9.32. The van der Waals surface area contributed by atoms with E-state index in [1.165, 1.54) is 17.3 Å². The molecule has 0 saturated carbocycles. The van der Waals surface area contributed by atoms with Crippen LogP contribution in [-0.4, -0.2) is 135 Å². The highest BCUT2D eigenvalue weighted by atomic mass is 16.5. The van der Waals surface area contributed by atoms with E-state index in [-0.39, 0.29) is 24.5 Å². The van der Waals surface area contributed by atoms with Gasteiger partial charge in [0.05, 0.1) is 42.3 Å². The first-order chi connectivity index (χ1) is 42.8. The van der Waals surface area contributed by atoms with E-state index in [4.69, 9.17) is 19.4 Å². The van der Waals surface area contributed by atoms with Gasteiger partial charge >= 0.3 is 0 Å². The maximum atomic E-state index is 14.1. The molecule has 2 amide bonds. The van der Waals surface area contributed by atoms with Crippen molar-refractivity contribution in [3.05, 3.63) is 150 Å². The van der Waals surface area contributed by atoms with Crippen molar-refractivity contribution in [2.24, 2.45) is 20.0 Å². The SMILES string of the molecule is C=CC(=O)N(C)c1cc(-c2c(-c3ccc(N4CCN(C)CC4)cc3)[nH]c3ncc(-c4cnn(C)c4C)c(C)c23)ccc1OCn1c(-c2ccc(C3CCN(C)CC3)cc2)c(-c2ccc(OC)c(N(C)C(=O)C(C)C)c2)c2c(C)c(-c3cnn(C)c3C)cnc21. The molecule has 1 N–H and O–H groups in total. The van der Waals surface area contributed by atoms with Gasteiger partial charge in [-0.15, -0.1) is 0 Å². The van der Waals surface area contributed by atoms with Gasteiger partial charge in [-0.3, -0.25) is 23.5 Å². The summed E-state index contributed by atoms with van der Waals surface area (Å²) in [4.78, 5) is 52.8. The predicted molar refractivity (Wildman–Crippen MR) is 359 cm³/mol. The molecule has 0 spiro atoms. The second-order valence-corrected chi connectivity index (χ2v) is 24.6. The van der Waals surface area contributed by atoms with E-state index in [1.54, 1.807) is 31.0 Å². The number of aryl methyl sites for hydroxylation is 4. The Kier molecular flexibility index (Phi) is 16.4. The van der Waals surface area contributed by atoms with Gasteiger partial charge in [-0.1, -0.05) is 69.0 Å². The standard InChI is InChI=1S/C72H81N13O4/c1-15-63(86)80(10)60-36-52(66-64-44(4)55(57-40-75-82(12)46(57)6)38-73-70(64)77-68(66)50-20-24-54(25-21-50)84-34-32-79(9)33-35-84)23-27-62(60)89-42-85-69(51-18-16-48(17-19-51)49-28-30-78(8)31-29-49)67(53-22-26-61(88-14)59(37-53)81(11)72(87)43(2)3)65-45(5)56(39-74-71(65)85)58-41-76-83(13)47(58)7/h15-27,36-41,43,49H,1,28-35,42H2,2-14H3,(H,73,77). The molecule has 4 aromatic carbocycles. The summed E-state index contributed by atoms with van der Waals surface area (Å²) in [7, 11) is 13.5. The summed E-state index contributed by atoms with van der Waals surface area (Å²) >= 11 is 0. The van der Waals surface area contributed by atoms with Gasteiger partial charge in [0.25, 0.3) is 0 Å². The van der Waals surface area contributed by atoms with Gasteiger partial charge in [-0.05, 0) is 155 Å². The number of likely N-dealkylation sites (N-methyl/N-ethyl adjacent to an activating group) is 2. The summed E-state index contributed by atoms with van der Waals surface area (Å²) in [6, 6.07) is 30.0. The minimum Gasteiger partial charge on any atom is -0.495 e. The van der Waals surface area contributed by atoms with Gasteiger partial charge in [0.2, 0.25) is 11.8 Å². The van der Waals surface area contributed by atoms with Crippen LogP contribution >= 0.6 is 0 Å². The van der Waals surface area contributed by atoms with E-state index in [1.807, 2.05) is 80.3 Å². The zero-order valence-electron chi connectivity index (χ0n) is 53.7. The molecule has 6 aromatic heterocycles. The molecule has 2 fully saturated rings. The number of carbonyl (C=O) groups excluding carboxylic acids is 2. The number of aromatic nitrogens is 8. The number of hydrogen-bond acceptors (Lipinski definition) is 11. The quantitative estimate of drug-likeness (QED) is 0.0921. The average Bonchev–Trinajstić information content (AvgIpc) is 1.62. The van der Waals surface area contributed by atoms with E-state index in [0.717, 1.165) is 158 Å². The monoisotopic (exact) mass is 1190 g/mol. The predicted octanol–water partition coefficient (Wildman–Crippen LogP) is 13.0. The number of methoxy groups -OCH3 is 1. The topological polar surface area (TPSA) is 151 Å². The number of ether oxygens (including phenoxy) is 2. The second kappa shape index (κ2) is 24.3. The van der Waals surface area contributed by atoms with Crippen molar-refractivity contribution in [2.45, 2.75) is 67.0 Å². The first-order valence-electron chi connectivity index (χ1n) is 30.8. The summed E-state index contributed by atoms with van der Waals surface area (Å²) < 4.78 is 19.2. The number of benzene rings is 4. The molecule has 458 valence electrons. The van der Waals surface area contributed by atoms with E-state index < -0.39 is 0 Å². The van der Waals surface area contributed by atoms with E-state index in [0.29, 0.717) is 34.4 Å². The molecule has 0 aliphatic carbocycles. The van der Waals surface area contributed by atoms with Crippen molar-refractivity contribution >= 4 is 50.9 Å². The van der Waals surface area contributed by atoms with Crippen molar-refractivity contribution in [1.82, 2.24) is 48.9 Å². The van der Waals surface area contributed by atoms with E-state index >= 15 is 0 Å². The zero-order valence-corrected chi connectivity index (χ0v) is 53.7. The zero-order chi connectivity index (χ0) is 62.7. The summed E-state index contributed by atoms with van der Waals surface area (Å²) in [6.07, 6.45) is 11.2. The Morgan fingerprint density at radius 1 is 0.652 bits per heavy atom. The summed E-state index contributed by atoms with van der Waals surface area (Å²) in [5.41, 5.74) is 20.4. The lowest BCUT2D eigenvalue weighted by molar-refractivity contribution is -0.121. The lowest BCUT2D eigenvalue weighted by atomic mass is 9.88. The molecule has 17 heteroatoms. The smallest absolute Gasteiger partial charge is 0.250 e. The molecule has 8 heterocycles. The van der Waals surface area contributed by atoms with Gasteiger partial charge in [0.1, 0.15) is 22.8 Å². The van der Waals surface area contributed by atoms with Crippen molar-refractivity contribution < 1.29 is 19.1 Å². The number of piperidine rings is 1. The highest BCUT2D eigenvalue weighted by molar-refractivity contribution is 6.10. The molecule has 0 bridgehead atoms. The number of hydrogen-bond donors (Lipinski definition) is 1. The minimum atomic E-state index is -0.302. The fraction of sp³-hybridized carbons (Fsp3) is 0.333. The molecule has 2 aliphatic heterocycles. The first kappa shape index (κ1) is 60.0. The van der Waals surface area contributed by atoms with Crippen molar-refractivity contribution in [3.8, 4) is 78.5 Å². The maximum absolute atomic E-state index is 14.1. The fourth-order valence-corrected chi connectivity index (χ4v) is 13.3. The Bertz CT molecular complexity index is 4340. The molecule has 0 atom stereocenters. The number of aromatic amines is 1. The van der Waals surface area contributed by atoms with Crippen molar-refractivity contribution in [3.63, 3.8) is 0 Å². The van der Waals surface area contributed by atoms with Crippen LogP contribution in [0, 0.1) is 33.6 Å². The highest BCUT2D eigenvalue weighted by Crippen LogP contribution is 2.49. The van der Waals surface area contributed by atoms with Crippen LogP contribution in [0.2, 0.25) is 0 Å². The fourth-order valence-electron chi connectivity index (χ4n) is 13.3. The second-order valence-electron chi connectivity index (χ2n) is 24.6. The van der Waals surface area contributed by atoms with Gasteiger partial charge < -0.3 is 39.0 Å². The third kappa shape index (κ3) is 10.9. The molecule has 17 nitrogen and oxygen atoms in total. The molecular weight excluding hydrogens is 1110 g/mol. The van der Waals surface area contributed by atoms with E-state index in [2.05, 4.69) is 150 Å². The van der Waals surface area contributed by atoms with Crippen LogP contribution in [0.25, 0.3) is 89.1 Å². The molecule has 12 rings (SSSR count). The first-order valence-corrected chi connectivity index (χ1v) is 30.8. The summed E-state index contributed by atoms with van der Waals surface area (Å²) in [5, 5.41) is 11.2. The Labute approximate surface area is 521 Å².